The van der Waals surface area contributed by atoms with Crippen molar-refractivity contribution in [1.82, 2.24) is 24.5 Å². The van der Waals surface area contributed by atoms with Crippen LogP contribution in [0, 0.1) is 6.92 Å². The Morgan fingerprint density at radius 3 is 0.993 bits per heavy atom. The molecule has 1 aromatic heterocycles. The molecule has 0 radical (unpaired) electrons. The van der Waals surface area contributed by atoms with Gasteiger partial charge in [0.25, 0.3) is 59.1 Å². The van der Waals surface area contributed by atoms with Crippen LogP contribution >= 0.6 is 11.3 Å². The molecule has 760 valence electrons. The van der Waals surface area contributed by atoms with Gasteiger partial charge in [0.15, 0.2) is 28.9 Å². The molecule has 0 saturated heterocycles. The van der Waals surface area contributed by atoms with E-state index >= 15 is 0 Å². The molecule has 6 heterocycles. The lowest BCUT2D eigenvalue weighted by Gasteiger charge is -2.29. The molecule has 5 atom stereocenters. The third-order valence-electron chi connectivity index (χ3n) is 28.7. The lowest BCUT2D eigenvalue weighted by molar-refractivity contribution is -0.123. The Morgan fingerprint density at radius 2 is 0.653 bits per heavy atom. The van der Waals surface area contributed by atoms with E-state index in [1.54, 1.807) is 134 Å². The number of ether oxygens (including phenoxy) is 6. The molecule has 27 heteroatoms. The average Bonchev–Trinajstić information content (AvgIpc) is 1.61. The van der Waals surface area contributed by atoms with Crippen LogP contribution in [0.2, 0.25) is 0 Å². The van der Waals surface area contributed by atoms with Gasteiger partial charge in [0.05, 0.1) is 99.6 Å². The highest BCUT2D eigenvalue weighted by Gasteiger charge is 2.52. The fraction of sp³-hybridized carbons (Fsp3) is 0.260. The number of carbonyl (C=O) groups excluding carboxylic acids is 15. The number of aryl methyl sites for hydroxylation is 1. The maximum absolute atomic E-state index is 13.2. The number of hydrogen-bond donors (Lipinski definition) is 0. The molecule has 12 aromatic rings. The van der Waals surface area contributed by atoms with Gasteiger partial charge in [-0.05, 0) is 236 Å². The van der Waals surface area contributed by atoms with Crippen molar-refractivity contribution in [3.05, 3.63) is 374 Å². The summed E-state index contributed by atoms with van der Waals surface area (Å²) in [5.74, 6) is -0.701. The molecule has 0 bridgehead atoms. The Bertz CT molecular complexity index is 7710. The fourth-order valence-electron chi connectivity index (χ4n) is 20.6. The first-order valence-corrected chi connectivity index (χ1v) is 50.9. The third kappa shape index (κ3) is 20.9. The Hall–Kier alpha value is -16.8. The SMILES string of the molecule is C=C1CCC(N2C(=O)c3cccc(OCCc4ccc5ccccc5c4)c3C2=O)C(=O)C1.C=C1CCC(N2C(=O)c3cccc(OCc4sc5ccccc5c4C)c3C2=O)C(=O)C1.C=C1CCC(N2C(=O)c3cccc(Oc4ccc(C(C)(C)C)cc4)c3C2=O)C(=O)C1.C=C1CCC(N2C(=O)c3cccc(Oc4ccc(C(C)C)cc4)c3C2=O)C(=O)C1.C=C1CCC(N2C(=O)c3cccc(Oc4ccc(OC)cc4)c3C2=O)C(=O)C1. The number of imide groups is 5. The highest BCUT2D eigenvalue weighted by Crippen LogP contribution is 2.46. The number of hydrogen-bond acceptors (Lipinski definition) is 22. The first kappa shape index (κ1) is 103. The second-order valence-electron chi connectivity index (χ2n) is 40.2. The Morgan fingerprint density at radius 1 is 0.340 bits per heavy atom. The van der Waals surface area contributed by atoms with E-state index in [2.05, 4.69) is 117 Å². The predicted molar refractivity (Wildman–Crippen MR) is 567 cm³/mol. The van der Waals surface area contributed by atoms with Crippen molar-refractivity contribution in [2.45, 2.75) is 192 Å². The molecular formula is C123H111N5O21S. The van der Waals surface area contributed by atoms with Crippen molar-refractivity contribution in [3.63, 3.8) is 0 Å². The molecule has 10 amide bonds. The Balaban J connectivity index is 0.000000122. The zero-order valence-corrected chi connectivity index (χ0v) is 85.2. The molecule has 5 aliphatic carbocycles. The lowest BCUT2D eigenvalue weighted by atomic mass is 9.87. The summed E-state index contributed by atoms with van der Waals surface area (Å²) in [6, 6.07) is 66.2. The van der Waals surface area contributed by atoms with Gasteiger partial charge in [0, 0.05) is 48.1 Å². The van der Waals surface area contributed by atoms with Crippen molar-refractivity contribution in [3.8, 4) is 51.7 Å². The molecular weight excluding hydrogens is 1920 g/mol. The van der Waals surface area contributed by atoms with Crippen molar-refractivity contribution in [2.75, 3.05) is 13.7 Å². The van der Waals surface area contributed by atoms with Gasteiger partial charge < -0.3 is 28.4 Å². The number of Topliss-reactive ketones (excluding diaryl/α,β-unsaturated/α-hetero) is 5. The maximum Gasteiger partial charge on any atom is 0.266 e. The van der Waals surface area contributed by atoms with Crippen LogP contribution in [0.15, 0.2) is 291 Å². The monoisotopic (exact) mass is 2030 g/mol. The summed E-state index contributed by atoms with van der Waals surface area (Å²) in [4.78, 5) is 200. The molecule has 5 fully saturated rings. The first-order valence-electron chi connectivity index (χ1n) is 50.1. The van der Waals surface area contributed by atoms with E-state index in [1.807, 2.05) is 72.8 Å². The topological polar surface area (TPSA) is 328 Å². The number of carbonyl (C=O) groups is 15. The lowest BCUT2D eigenvalue weighted by Crippen LogP contribution is -2.46. The summed E-state index contributed by atoms with van der Waals surface area (Å²) < 4.78 is 36.1. The van der Waals surface area contributed by atoms with Gasteiger partial charge in [-0.15, -0.1) is 11.3 Å². The number of amides is 10. The van der Waals surface area contributed by atoms with E-state index in [4.69, 9.17) is 28.4 Å². The van der Waals surface area contributed by atoms with Crippen molar-refractivity contribution in [2.24, 2.45) is 0 Å². The fourth-order valence-corrected chi connectivity index (χ4v) is 21.7. The third-order valence-corrected chi connectivity index (χ3v) is 30.0. The van der Waals surface area contributed by atoms with Gasteiger partial charge in [-0.25, -0.2) is 0 Å². The first-order chi connectivity index (χ1) is 72.0. The standard InChI is InChI=1S/C27H23NO4.C25H21NO4S.C25H25NO4.C24H23NO4.C22H19NO5/c1-17-9-12-22(23(29)15-17)28-26(30)21-7-4-8-24(25(21)27(28)31)32-14-13-18-10-11-19-5-2-3-6-20(19)16-18;1-14-10-11-18(19(27)12-14)26-24(28)17-7-5-8-20(23(17)25(26)29)30-13-22-15(2)16-6-3-4-9-21(16)31-22;1-15-8-13-19(20(27)14-15)26-23(28)18-6-5-7-21(22(18)24(26)29)30-17-11-9-16(10-12-17)25(2,3)4;1-14(2)16-8-10-17(11-9-16)29-21-6-4-5-18-22(21)24(28)25(23(18)27)19-12-7-15(3)13-20(19)26;1-13-6-11-17(18(24)12-13)23-21(25)16-4-3-5-19(20(16)22(23)26)28-15-9-7-14(27-2)8-10-15/h2-8,10-11,16,22H,1,9,12-15H2;3-9,18H,1,10-13H2,2H3;5-7,9-12,19H,1,8,13-14H2,2-4H3;4-6,8-11,14,19H,3,7,12-13H2,1-2H3;3-5,7-10,17H,1,6,11-12H2,2H3. The van der Waals surface area contributed by atoms with Gasteiger partial charge in [-0.2, -0.15) is 0 Å². The second kappa shape index (κ2) is 43.3. The number of rotatable bonds is 20. The van der Waals surface area contributed by atoms with Gasteiger partial charge in [0.1, 0.15) is 58.4 Å². The van der Waals surface area contributed by atoms with E-state index in [1.165, 1.54) is 32.0 Å². The minimum absolute atomic E-state index is 0.0211. The number of methoxy groups -OCH3 is 1. The summed E-state index contributed by atoms with van der Waals surface area (Å²) in [6.45, 7) is 32.6. The molecule has 10 aliphatic rings. The molecule has 0 N–H and O–H groups in total. The van der Waals surface area contributed by atoms with Crippen LogP contribution in [0.25, 0.3) is 20.9 Å². The summed E-state index contributed by atoms with van der Waals surface area (Å²) >= 11 is 1.66. The second-order valence-corrected chi connectivity index (χ2v) is 41.4. The minimum atomic E-state index is -0.744. The number of allylic oxidation sites excluding steroid dienone is 5. The van der Waals surface area contributed by atoms with E-state index in [-0.39, 0.29) is 117 Å². The van der Waals surface area contributed by atoms with Crippen LogP contribution in [0.4, 0.5) is 0 Å². The van der Waals surface area contributed by atoms with Crippen molar-refractivity contribution >= 4 is 120 Å². The van der Waals surface area contributed by atoms with Crippen molar-refractivity contribution in [1.29, 1.82) is 0 Å². The predicted octanol–water partition coefficient (Wildman–Crippen LogP) is 23.5. The minimum Gasteiger partial charge on any atom is -0.497 e. The summed E-state index contributed by atoms with van der Waals surface area (Å²) in [5, 5.41) is 3.55. The number of fused-ring (bicyclic) bond motifs is 7. The number of thiophene rings is 1. The molecule has 5 saturated carbocycles. The number of ketones is 5. The molecule has 22 rings (SSSR count). The van der Waals surface area contributed by atoms with Crippen LogP contribution in [-0.4, -0.2) is 156 Å². The van der Waals surface area contributed by atoms with Crippen LogP contribution in [-0.2, 0) is 42.4 Å². The molecule has 150 heavy (non-hydrogen) atoms. The quantitative estimate of drug-likeness (QED) is 0.0505. The van der Waals surface area contributed by atoms with Gasteiger partial charge in [-0.1, -0.05) is 211 Å². The van der Waals surface area contributed by atoms with Crippen LogP contribution in [0.5, 0.6) is 51.7 Å². The van der Waals surface area contributed by atoms with E-state index < -0.39 is 89.3 Å². The van der Waals surface area contributed by atoms with Crippen LogP contribution < -0.4 is 28.4 Å². The van der Waals surface area contributed by atoms with Gasteiger partial charge in [-0.3, -0.25) is 96.4 Å². The van der Waals surface area contributed by atoms with Crippen LogP contribution in [0.3, 0.4) is 0 Å². The molecule has 11 aromatic carbocycles. The summed E-state index contributed by atoms with van der Waals surface area (Å²) in [6.07, 6.45) is 7.02. The molecule has 0 spiro atoms. The smallest absolute Gasteiger partial charge is 0.266 e. The largest absolute Gasteiger partial charge is 0.497 e. The maximum atomic E-state index is 13.2. The van der Waals surface area contributed by atoms with E-state index in [9.17, 15) is 71.9 Å². The van der Waals surface area contributed by atoms with Gasteiger partial charge >= 0.3 is 0 Å². The van der Waals surface area contributed by atoms with Crippen LogP contribution in [0.1, 0.15) is 268 Å². The Kier molecular flexibility index (Phi) is 29.8. The molecule has 5 aliphatic heterocycles. The number of nitrogens with zero attached hydrogens (tertiary/aromatic N) is 5. The highest BCUT2D eigenvalue weighted by molar-refractivity contribution is 7.19. The summed E-state index contributed by atoms with van der Waals surface area (Å²) in [5.41, 5.74) is 11.5. The highest BCUT2D eigenvalue weighted by atomic mass is 32.1. The van der Waals surface area contributed by atoms with Crippen molar-refractivity contribution < 1.29 is 100 Å². The van der Waals surface area contributed by atoms with Gasteiger partial charge in [0.2, 0.25) is 0 Å². The normalized spacial score (nSPS) is 18.9. The average molecular weight is 2030 g/mol. The Labute approximate surface area is 871 Å². The van der Waals surface area contributed by atoms with E-state index in [0.29, 0.717) is 147 Å². The molecule has 26 nitrogen and oxygen atoms in total. The number of benzene rings is 11. The van der Waals surface area contributed by atoms with E-state index in [0.717, 1.165) is 68.4 Å². The zero-order valence-electron chi connectivity index (χ0n) is 84.4. The summed E-state index contributed by atoms with van der Waals surface area (Å²) in [7, 11) is 1.57. The zero-order chi connectivity index (χ0) is 106. The molecule has 5 unspecified atom stereocenters.